The van der Waals surface area contributed by atoms with E-state index in [4.69, 9.17) is 11.6 Å². The SMILES string of the molecule is CCC(=O)N1CCN(c2ccc(N=Cc3cc(Cc4ccccc4Cl)cc(Br)c3O)cc2)CC1. The Morgan fingerprint density at radius 3 is 2.47 bits per heavy atom. The molecule has 3 aromatic carbocycles. The second-order valence-electron chi connectivity index (χ2n) is 8.28. The quantitative estimate of drug-likeness (QED) is 0.378. The highest BCUT2D eigenvalue weighted by Crippen LogP contribution is 2.31. The fourth-order valence-corrected chi connectivity index (χ4v) is 4.80. The zero-order valence-corrected chi connectivity index (χ0v) is 21.4. The van der Waals surface area contributed by atoms with Crippen LogP contribution in [0.4, 0.5) is 11.4 Å². The summed E-state index contributed by atoms with van der Waals surface area (Å²) in [7, 11) is 0. The highest BCUT2D eigenvalue weighted by molar-refractivity contribution is 9.10. The smallest absolute Gasteiger partial charge is 0.222 e. The number of rotatable bonds is 6. The first-order valence-electron chi connectivity index (χ1n) is 11.4. The van der Waals surface area contributed by atoms with Gasteiger partial charge in [-0.25, -0.2) is 0 Å². The molecular formula is C27H27BrClN3O2. The van der Waals surface area contributed by atoms with Gasteiger partial charge >= 0.3 is 0 Å². The van der Waals surface area contributed by atoms with Crippen LogP contribution >= 0.6 is 27.5 Å². The zero-order chi connectivity index (χ0) is 24.1. The number of anilines is 1. The number of carbonyl (C=O) groups excluding carboxylic acids is 1. The number of benzene rings is 3. The Morgan fingerprint density at radius 1 is 1.09 bits per heavy atom. The molecule has 1 aliphatic heterocycles. The average Bonchev–Trinajstić information content (AvgIpc) is 2.86. The number of nitrogens with zero attached hydrogens (tertiary/aromatic N) is 3. The number of piperazine rings is 1. The fraction of sp³-hybridized carbons (Fsp3) is 0.259. The van der Waals surface area contributed by atoms with Crippen molar-refractivity contribution in [2.75, 3.05) is 31.1 Å². The van der Waals surface area contributed by atoms with Gasteiger partial charge in [-0.3, -0.25) is 9.79 Å². The molecule has 0 atom stereocenters. The van der Waals surface area contributed by atoms with E-state index in [1.54, 1.807) is 6.21 Å². The van der Waals surface area contributed by atoms with Gasteiger partial charge in [0.15, 0.2) is 0 Å². The summed E-state index contributed by atoms with van der Waals surface area (Å²) < 4.78 is 0.620. The first-order valence-corrected chi connectivity index (χ1v) is 12.5. The molecule has 0 saturated carbocycles. The number of halogens is 2. The molecule has 0 bridgehead atoms. The molecule has 4 rings (SSSR count). The van der Waals surface area contributed by atoms with Crippen LogP contribution in [0.5, 0.6) is 5.75 Å². The predicted octanol–water partition coefficient (Wildman–Crippen LogP) is 6.21. The molecule has 1 N–H and O–H groups in total. The number of phenols is 1. The van der Waals surface area contributed by atoms with Crippen molar-refractivity contribution in [3.63, 3.8) is 0 Å². The number of phenolic OH excluding ortho intramolecular Hbond substituents is 1. The van der Waals surface area contributed by atoms with Crippen LogP contribution in [0.3, 0.4) is 0 Å². The summed E-state index contributed by atoms with van der Waals surface area (Å²) in [5.41, 5.74) is 4.61. The van der Waals surface area contributed by atoms with E-state index < -0.39 is 0 Å². The van der Waals surface area contributed by atoms with Crippen molar-refractivity contribution in [2.24, 2.45) is 4.99 Å². The number of aliphatic imine (C=N–C) groups is 1. The Labute approximate surface area is 213 Å². The summed E-state index contributed by atoms with van der Waals surface area (Å²) in [6.07, 6.45) is 2.90. The van der Waals surface area contributed by atoms with Crippen LogP contribution in [0.2, 0.25) is 5.02 Å². The van der Waals surface area contributed by atoms with E-state index in [0.717, 1.165) is 53.7 Å². The lowest BCUT2D eigenvalue weighted by Crippen LogP contribution is -2.48. The van der Waals surface area contributed by atoms with E-state index in [1.807, 2.05) is 72.5 Å². The molecule has 1 fully saturated rings. The van der Waals surface area contributed by atoms with Gasteiger partial charge in [-0.15, -0.1) is 0 Å². The Bertz CT molecular complexity index is 1190. The van der Waals surface area contributed by atoms with Crippen molar-refractivity contribution in [3.05, 3.63) is 86.8 Å². The molecule has 0 aliphatic carbocycles. The van der Waals surface area contributed by atoms with Crippen LogP contribution in [0.15, 0.2) is 70.1 Å². The maximum atomic E-state index is 11.9. The average molecular weight is 541 g/mol. The van der Waals surface area contributed by atoms with E-state index in [9.17, 15) is 9.90 Å². The van der Waals surface area contributed by atoms with Crippen molar-refractivity contribution in [1.82, 2.24) is 4.90 Å². The zero-order valence-electron chi connectivity index (χ0n) is 19.0. The second-order valence-corrected chi connectivity index (χ2v) is 9.54. The second kappa shape index (κ2) is 11.1. The van der Waals surface area contributed by atoms with Gasteiger partial charge in [-0.05, 0) is 75.9 Å². The lowest BCUT2D eigenvalue weighted by molar-refractivity contribution is -0.131. The first-order chi connectivity index (χ1) is 16.4. The molecule has 0 spiro atoms. The third-order valence-corrected chi connectivity index (χ3v) is 6.98. The van der Waals surface area contributed by atoms with E-state index in [-0.39, 0.29) is 11.7 Å². The largest absolute Gasteiger partial charge is 0.506 e. The minimum absolute atomic E-state index is 0.155. The minimum atomic E-state index is 0.155. The summed E-state index contributed by atoms with van der Waals surface area (Å²) >= 11 is 9.77. The molecule has 1 aliphatic rings. The molecule has 7 heteroatoms. The van der Waals surface area contributed by atoms with Gasteiger partial charge in [0.25, 0.3) is 0 Å². The van der Waals surface area contributed by atoms with Crippen LogP contribution in [-0.4, -0.2) is 48.3 Å². The summed E-state index contributed by atoms with van der Waals surface area (Å²) in [6.45, 7) is 5.07. The van der Waals surface area contributed by atoms with Crippen molar-refractivity contribution < 1.29 is 9.90 Å². The third kappa shape index (κ3) is 5.80. The van der Waals surface area contributed by atoms with Crippen LogP contribution in [0.25, 0.3) is 0 Å². The highest BCUT2D eigenvalue weighted by Gasteiger charge is 2.20. The topological polar surface area (TPSA) is 56.1 Å². The standard InChI is InChI=1S/C27H27BrClN3O2/c1-2-26(33)32-13-11-31(12-14-32)23-9-7-22(8-10-23)30-18-21-16-19(17-24(28)27(21)34)15-20-5-3-4-6-25(20)29/h3-10,16-18,34H,2,11-15H2,1H3. The Morgan fingerprint density at radius 2 is 1.79 bits per heavy atom. The number of hydrogen-bond acceptors (Lipinski definition) is 4. The highest BCUT2D eigenvalue weighted by atomic mass is 79.9. The van der Waals surface area contributed by atoms with Gasteiger partial charge in [-0.1, -0.05) is 36.7 Å². The van der Waals surface area contributed by atoms with Gasteiger partial charge in [-0.2, -0.15) is 0 Å². The molecule has 34 heavy (non-hydrogen) atoms. The van der Waals surface area contributed by atoms with Crippen molar-refractivity contribution in [2.45, 2.75) is 19.8 Å². The maximum absolute atomic E-state index is 11.9. The van der Waals surface area contributed by atoms with Crippen molar-refractivity contribution >= 4 is 51.0 Å². The number of carbonyl (C=O) groups is 1. The molecule has 0 aromatic heterocycles. The van der Waals surface area contributed by atoms with Crippen molar-refractivity contribution in [3.8, 4) is 5.75 Å². The summed E-state index contributed by atoms with van der Waals surface area (Å²) in [5.74, 6) is 0.373. The number of aromatic hydroxyl groups is 1. The predicted molar refractivity (Wildman–Crippen MR) is 143 cm³/mol. The van der Waals surface area contributed by atoms with Crippen LogP contribution < -0.4 is 4.90 Å². The number of amides is 1. The Hall–Kier alpha value is -2.83. The number of hydrogen-bond donors (Lipinski definition) is 1. The van der Waals surface area contributed by atoms with Crippen molar-refractivity contribution in [1.29, 1.82) is 0 Å². The van der Waals surface area contributed by atoms with E-state index in [0.29, 0.717) is 22.9 Å². The molecule has 0 unspecified atom stereocenters. The van der Waals surface area contributed by atoms with Crippen LogP contribution in [0.1, 0.15) is 30.0 Å². The summed E-state index contributed by atoms with van der Waals surface area (Å²) in [5, 5.41) is 11.2. The molecule has 1 heterocycles. The molecule has 5 nitrogen and oxygen atoms in total. The van der Waals surface area contributed by atoms with Crippen LogP contribution in [-0.2, 0) is 11.2 Å². The molecular weight excluding hydrogens is 514 g/mol. The molecule has 1 saturated heterocycles. The third-order valence-electron chi connectivity index (χ3n) is 6.01. The van der Waals surface area contributed by atoms with Gasteiger partial charge in [0.05, 0.1) is 10.2 Å². The summed E-state index contributed by atoms with van der Waals surface area (Å²) in [4.78, 5) is 20.7. The summed E-state index contributed by atoms with van der Waals surface area (Å²) in [6, 6.07) is 19.6. The normalized spacial score (nSPS) is 14.1. The lowest BCUT2D eigenvalue weighted by Gasteiger charge is -2.36. The van der Waals surface area contributed by atoms with Gasteiger partial charge in [0.2, 0.25) is 5.91 Å². The molecule has 1 amide bonds. The van der Waals surface area contributed by atoms with E-state index in [1.165, 1.54) is 0 Å². The van der Waals surface area contributed by atoms with Gasteiger partial charge < -0.3 is 14.9 Å². The fourth-order valence-electron chi connectivity index (χ4n) is 4.07. The lowest BCUT2D eigenvalue weighted by atomic mass is 10.0. The molecule has 3 aromatic rings. The Kier molecular flexibility index (Phi) is 7.91. The minimum Gasteiger partial charge on any atom is -0.506 e. The van der Waals surface area contributed by atoms with E-state index in [2.05, 4.69) is 25.8 Å². The molecule has 0 radical (unpaired) electrons. The maximum Gasteiger partial charge on any atom is 0.222 e. The van der Waals surface area contributed by atoms with Gasteiger partial charge in [0.1, 0.15) is 5.75 Å². The van der Waals surface area contributed by atoms with E-state index >= 15 is 0 Å². The molecule has 176 valence electrons. The van der Waals surface area contributed by atoms with Gasteiger partial charge in [0, 0.05) is 55.1 Å². The monoisotopic (exact) mass is 539 g/mol. The van der Waals surface area contributed by atoms with Crippen LogP contribution in [0, 0.1) is 0 Å². The Balaban J connectivity index is 1.45. The first kappa shape index (κ1) is 24.3.